The Bertz CT molecular complexity index is 393. The van der Waals surface area contributed by atoms with Crippen LogP contribution in [0.5, 0.6) is 0 Å². The molecule has 0 radical (unpaired) electrons. The molecule has 0 aliphatic heterocycles. The summed E-state index contributed by atoms with van der Waals surface area (Å²) in [5.74, 6) is -0.274. The van der Waals surface area contributed by atoms with Crippen molar-refractivity contribution in [2.24, 2.45) is 17.3 Å². The van der Waals surface area contributed by atoms with Gasteiger partial charge in [0.05, 0.1) is 6.61 Å². The molecule has 2 saturated carbocycles. The summed E-state index contributed by atoms with van der Waals surface area (Å²) in [5.41, 5.74) is 0.128. The predicted octanol–water partition coefficient (Wildman–Crippen LogP) is 1.86. The highest BCUT2D eigenvalue weighted by molar-refractivity contribution is 5.87. The zero-order valence-corrected chi connectivity index (χ0v) is 14.0. The Morgan fingerprint density at radius 2 is 1.73 bits per heavy atom. The molecule has 0 saturated heterocycles. The summed E-state index contributed by atoms with van der Waals surface area (Å²) in [6, 6.07) is 0. The molecule has 0 unspecified atom stereocenters. The fourth-order valence-electron chi connectivity index (χ4n) is 3.72. The van der Waals surface area contributed by atoms with E-state index in [1.807, 2.05) is 6.92 Å². The van der Waals surface area contributed by atoms with Gasteiger partial charge in [0.25, 0.3) is 0 Å². The number of carbonyl (C=O) groups excluding carboxylic acids is 2. The van der Waals surface area contributed by atoms with Crippen LogP contribution in [0.2, 0.25) is 0 Å². The highest BCUT2D eigenvalue weighted by Gasteiger charge is 2.40. The van der Waals surface area contributed by atoms with Crippen LogP contribution in [-0.4, -0.2) is 38.6 Å². The third-order valence-corrected chi connectivity index (χ3v) is 5.35. The highest BCUT2D eigenvalue weighted by atomic mass is 16.5. The Labute approximate surface area is 133 Å². The summed E-state index contributed by atoms with van der Waals surface area (Å²) in [5, 5.41) is 5.82. The fraction of sp³-hybridized carbons (Fsp3) is 0.882. The third-order valence-electron chi connectivity index (χ3n) is 5.35. The maximum Gasteiger partial charge on any atom is 0.223 e. The largest absolute Gasteiger partial charge is 0.381 e. The van der Waals surface area contributed by atoms with E-state index in [2.05, 4.69) is 10.6 Å². The number of rotatable bonds is 7. The van der Waals surface area contributed by atoms with E-state index in [0.717, 1.165) is 51.7 Å². The molecule has 0 aromatic carbocycles. The lowest BCUT2D eigenvalue weighted by atomic mass is 9.69. The van der Waals surface area contributed by atoms with Crippen LogP contribution < -0.4 is 10.6 Å². The van der Waals surface area contributed by atoms with Crippen molar-refractivity contribution >= 4 is 11.8 Å². The van der Waals surface area contributed by atoms with E-state index >= 15 is 0 Å². The second-order valence-electron chi connectivity index (χ2n) is 6.82. The summed E-state index contributed by atoms with van der Waals surface area (Å²) < 4.78 is 5.58. The van der Waals surface area contributed by atoms with Crippen molar-refractivity contribution in [3.8, 4) is 0 Å². The molecule has 2 aliphatic rings. The van der Waals surface area contributed by atoms with Crippen LogP contribution in [0.25, 0.3) is 0 Å². The van der Waals surface area contributed by atoms with Gasteiger partial charge in [0.1, 0.15) is 0 Å². The van der Waals surface area contributed by atoms with E-state index in [9.17, 15) is 9.59 Å². The van der Waals surface area contributed by atoms with Crippen molar-refractivity contribution < 1.29 is 14.3 Å². The second kappa shape index (κ2) is 7.95. The van der Waals surface area contributed by atoms with Crippen LogP contribution in [0.3, 0.4) is 0 Å². The van der Waals surface area contributed by atoms with E-state index < -0.39 is 0 Å². The molecule has 126 valence electrons. The normalized spacial score (nSPS) is 26.8. The van der Waals surface area contributed by atoms with Gasteiger partial charge in [0.15, 0.2) is 0 Å². The van der Waals surface area contributed by atoms with Gasteiger partial charge >= 0.3 is 0 Å². The zero-order valence-electron chi connectivity index (χ0n) is 14.0. The van der Waals surface area contributed by atoms with Crippen molar-refractivity contribution in [2.45, 2.75) is 51.9 Å². The van der Waals surface area contributed by atoms with Gasteiger partial charge in [0.2, 0.25) is 11.8 Å². The summed E-state index contributed by atoms with van der Waals surface area (Å²) in [6.45, 7) is 4.13. The number of amides is 2. The molecule has 0 spiro atoms. The zero-order chi connectivity index (χ0) is 16.0. The molecule has 0 heterocycles. The molecule has 22 heavy (non-hydrogen) atoms. The second-order valence-corrected chi connectivity index (χ2v) is 6.82. The maximum atomic E-state index is 12.6. The standard InChI is InChI=1S/C17H30N2O3/c1-3-22-12-17(9-6-10-17)11-19-16(21)14-8-5-4-7-13(14)15(20)18-2/h13-14H,3-12H2,1-2H3,(H,18,20)(H,19,21)/t13-,14+/m1/s1. The smallest absolute Gasteiger partial charge is 0.223 e. The number of nitrogens with one attached hydrogen (secondary N) is 2. The third kappa shape index (κ3) is 4.00. The molecule has 5 nitrogen and oxygen atoms in total. The summed E-state index contributed by atoms with van der Waals surface area (Å²) in [4.78, 5) is 24.5. The van der Waals surface area contributed by atoms with Gasteiger partial charge in [-0.15, -0.1) is 0 Å². The Morgan fingerprint density at radius 1 is 1.09 bits per heavy atom. The number of ether oxygens (including phenoxy) is 1. The van der Waals surface area contributed by atoms with Crippen molar-refractivity contribution in [2.75, 3.05) is 26.8 Å². The summed E-state index contributed by atoms with van der Waals surface area (Å²) in [6.07, 6.45) is 7.18. The topological polar surface area (TPSA) is 67.4 Å². The summed E-state index contributed by atoms with van der Waals surface area (Å²) in [7, 11) is 1.65. The minimum Gasteiger partial charge on any atom is -0.381 e. The lowest BCUT2D eigenvalue weighted by Gasteiger charge is -2.42. The van der Waals surface area contributed by atoms with E-state index in [1.54, 1.807) is 7.05 Å². The quantitative estimate of drug-likeness (QED) is 0.754. The molecule has 2 fully saturated rings. The fourth-order valence-corrected chi connectivity index (χ4v) is 3.72. The van der Waals surface area contributed by atoms with Crippen LogP contribution in [0, 0.1) is 17.3 Å². The number of carbonyl (C=O) groups is 2. The van der Waals surface area contributed by atoms with E-state index in [4.69, 9.17) is 4.74 Å². The highest BCUT2D eigenvalue weighted by Crippen LogP contribution is 2.40. The lowest BCUT2D eigenvalue weighted by Crippen LogP contribution is -2.49. The van der Waals surface area contributed by atoms with Crippen LogP contribution >= 0.6 is 0 Å². The Balaban J connectivity index is 1.88. The van der Waals surface area contributed by atoms with Gasteiger partial charge in [-0.05, 0) is 32.6 Å². The Kier molecular flexibility index (Phi) is 6.24. The van der Waals surface area contributed by atoms with Gasteiger partial charge in [-0.25, -0.2) is 0 Å². The molecule has 0 bridgehead atoms. The van der Waals surface area contributed by atoms with Crippen LogP contribution in [0.15, 0.2) is 0 Å². The van der Waals surface area contributed by atoms with Gasteiger partial charge in [0, 0.05) is 37.5 Å². The van der Waals surface area contributed by atoms with Gasteiger partial charge < -0.3 is 15.4 Å². The van der Waals surface area contributed by atoms with Crippen molar-refractivity contribution in [1.29, 1.82) is 0 Å². The van der Waals surface area contributed by atoms with Gasteiger partial charge in [-0.1, -0.05) is 19.3 Å². The van der Waals surface area contributed by atoms with Crippen molar-refractivity contribution in [3.63, 3.8) is 0 Å². The number of hydrogen-bond donors (Lipinski definition) is 2. The lowest BCUT2D eigenvalue weighted by molar-refractivity contribution is -0.137. The van der Waals surface area contributed by atoms with Crippen LogP contribution in [-0.2, 0) is 14.3 Å². The molecule has 2 N–H and O–H groups in total. The van der Waals surface area contributed by atoms with Gasteiger partial charge in [-0.2, -0.15) is 0 Å². The molecule has 2 aliphatic carbocycles. The first kappa shape index (κ1) is 17.3. The van der Waals surface area contributed by atoms with E-state index in [-0.39, 0.29) is 29.1 Å². The first-order valence-corrected chi connectivity index (χ1v) is 8.69. The molecular formula is C17H30N2O3. The summed E-state index contributed by atoms with van der Waals surface area (Å²) >= 11 is 0. The van der Waals surface area contributed by atoms with Crippen molar-refractivity contribution in [3.05, 3.63) is 0 Å². The average molecular weight is 310 g/mol. The van der Waals surface area contributed by atoms with E-state index in [1.165, 1.54) is 6.42 Å². The first-order valence-electron chi connectivity index (χ1n) is 8.69. The molecule has 2 rings (SSSR count). The monoisotopic (exact) mass is 310 g/mol. The van der Waals surface area contributed by atoms with Crippen LogP contribution in [0.1, 0.15) is 51.9 Å². The SMILES string of the molecule is CCOCC1(CNC(=O)[C@H]2CCCC[C@H]2C(=O)NC)CCC1. The van der Waals surface area contributed by atoms with E-state index in [0.29, 0.717) is 6.54 Å². The first-order chi connectivity index (χ1) is 10.6. The molecule has 2 atom stereocenters. The molecule has 0 aromatic rings. The van der Waals surface area contributed by atoms with Gasteiger partial charge in [-0.3, -0.25) is 9.59 Å². The Morgan fingerprint density at radius 3 is 2.23 bits per heavy atom. The predicted molar refractivity (Wildman–Crippen MR) is 85.3 cm³/mol. The average Bonchev–Trinajstić information content (AvgIpc) is 2.52. The molecular weight excluding hydrogens is 280 g/mol. The molecule has 2 amide bonds. The van der Waals surface area contributed by atoms with Crippen LogP contribution in [0.4, 0.5) is 0 Å². The maximum absolute atomic E-state index is 12.6. The minimum absolute atomic E-state index is 0.00697. The van der Waals surface area contributed by atoms with Crippen molar-refractivity contribution in [1.82, 2.24) is 10.6 Å². The molecule has 0 aromatic heterocycles. The minimum atomic E-state index is -0.169. The molecule has 5 heteroatoms. The Hall–Kier alpha value is -1.10. The number of hydrogen-bond acceptors (Lipinski definition) is 3.